The van der Waals surface area contributed by atoms with E-state index in [9.17, 15) is 0 Å². The summed E-state index contributed by atoms with van der Waals surface area (Å²) in [5.41, 5.74) is 2.04. The molecule has 0 amide bonds. The molecule has 1 fully saturated rings. The SMILES string of the molecule is Cc1cc(Cl)cn2cc(N3CCN(c4ccc(Cl)cn4)CC3)nc12. The summed E-state index contributed by atoms with van der Waals surface area (Å²) in [6.45, 7) is 5.65. The van der Waals surface area contributed by atoms with Crippen LogP contribution in [-0.2, 0) is 0 Å². The van der Waals surface area contributed by atoms with Crippen molar-refractivity contribution in [2.24, 2.45) is 0 Å². The van der Waals surface area contributed by atoms with E-state index in [4.69, 9.17) is 28.2 Å². The molecule has 0 bridgehead atoms. The summed E-state index contributed by atoms with van der Waals surface area (Å²) in [7, 11) is 0. The molecule has 0 atom stereocenters. The molecular weight excluding hydrogens is 345 g/mol. The minimum Gasteiger partial charge on any atom is -0.353 e. The summed E-state index contributed by atoms with van der Waals surface area (Å²) in [6, 6.07) is 5.79. The Bertz CT molecular complexity index is 867. The molecule has 1 aliphatic heterocycles. The summed E-state index contributed by atoms with van der Waals surface area (Å²) < 4.78 is 2.00. The number of piperazine rings is 1. The van der Waals surface area contributed by atoms with Gasteiger partial charge in [0.15, 0.2) is 0 Å². The normalized spacial score (nSPS) is 15.3. The van der Waals surface area contributed by atoms with Crippen molar-refractivity contribution in [1.82, 2.24) is 14.4 Å². The van der Waals surface area contributed by atoms with Gasteiger partial charge < -0.3 is 14.2 Å². The van der Waals surface area contributed by atoms with E-state index in [2.05, 4.69) is 14.8 Å². The Labute approximate surface area is 150 Å². The first kappa shape index (κ1) is 15.5. The Hall–Kier alpha value is -1.98. The van der Waals surface area contributed by atoms with Gasteiger partial charge in [-0.05, 0) is 30.7 Å². The molecule has 4 heterocycles. The highest BCUT2D eigenvalue weighted by molar-refractivity contribution is 6.30. The van der Waals surface area contributed by atoms with Gasteiger partial charge in [0.05, 0.1) is 16.2 Å². The van der Waals surface area contributed by atoms with Crippen LogP contribution >= 0.6 is 23.2 Å². The van der Waals surface area contributed by atoms with Crippen molar-refractivity contribution in [3.05, 3.63) is 52.4 Å². The summed E-state index contributed by atoms with van der Waals surface area (Å²) in [6.07, 6.45) is 5.64. The van der Waals surface area contributed by atoms with E-state index >= 15 is 0 Å². The van der Waals surface area contributed by atoms with E-state index < -0.39 is 0 Å². The van der Waals surface area contributed by atoms with Crippen LogP contribution in [0.3, 0.4) is 0 Å². The Balaban J connectivity index is 1.51. The number of aromatic nitrogens is 3. The van der Waals surface area contributed by atoms with Crippen LogP contribution in [-0.4, -0.2) is 40.5 Å². The van der Waals surface area contributed by atoms with E-state index in [1.165, 1.54) is 0 Å². The molecule has 1 saturated heterocycles. The average molecular weight is 362 g/mol. The molecule has 3 aromatic heterocycles. The summed E-state index contributed by atoms with van der Waals surface area (Å²) in [5, 5.41) is 1.39. The second kappa shape index (κ2) is 6.15. The van der Waals surface area contributed by atoms with Crippen LogP contribution in [0.25, 0.3) is 5.65 Å². The molecular formula is C17H17Cl2N5. The maximum absolute atomic E-state index is 6.13. The first-order chi connectivity index (χ1) is 11.6. The smallest absolute Gasteiger partial charge is 0.148 e. The molecule has 24 heavy (non-hydrogen) atoms. The summed E-state index contributed by atoms with van der Waals surface area (Å²) in [4.78, 5) is 13.7. The van der Waals surface area contributed by atoms with Gasteiger partial charge >= 0.3 is 0 Å². The molecule has 0 N–H and O–H groups in total. The molecule has 5 nitrogen and oxygen atoms in total. The quantitative estimate of drug-likeness (QED) is 0.697. The first-order valence-corrected chi connectivity index (χ1v) is 8.62. The highest BCUT2D eigenvalue weighted by Gasteiger charge is 2.20. The molecule has 3 aromatic rings. The molecule has 0 aromatic carbocycles. The fraction of sp³-hybridized carbons (Fsp3) is 0.294. The lowest BCUT2D eigenvalue weighted by Gasteiger charge is -2.35. The third-order valence-electron chi connectivity index (χ3n) is 4.33. The zero-order valence-corrected chi connectivity index (χ0v) is 14.8. The van der Waals surface area contributed by atoms with Gasteiger partial charge in [-0.15, -0.1) is 0 Å². The molecule has 0 spiro atoms. The number of nitrogens with zero attached hydrogens (tertiary/aromatic N) is 5. The molecule has 124 valence electrons. The predicted octanol–water partition coefficient (Wildman–Crippen LogP) is 3.67. The number of hydrogen-bond acceptors (Lipinski definition) is 4. The topological polar surface area (TPSA) is 36.7 Å². The lowest BCUT2D eigenvalue weighted by molar-refractivity contribution is 0.643. The number of imidazole rings is 1. The van der Waals surface area contributed by atoms with Crippen LogP contribution in [0.15, 0.2) is 36.8 Å². The summed E-state index contributed by atoms with van der Waals surface area (Å²) in [5.74, 6) is 1.96. The lowest BCUT2D eigenvalue weighted by atomic mass is 10.3. The van der Waals surface area contributed by atoms with Gasteiger partial charge in [0.1, 0.15) is 17.3 Å². The van der Waals surface area contributed by atoms with Gasteiger partial charge in [-0.1, -0.05) is 23.2 Å². The van der Waals surface area contributed by atoms with E-state index in [0.717, 1.165) is 54.0 Å². The van der Waals surface area contributed by atoms with Gasteiger partial charge in [0.25, 0.3) is 0 Å². The Morgan fingerprint density at radius 1 is 0.917 bits per heavy atom. The van der Waals surface area contributed by atoms with Crippen molar-refractivity contribution in [1.29, 1.82) is 0 Å². The second-order valence-electron chi connectivity index (χ2n) is 5.98. The zero-order chi connectivity index (χ0) is 16.7. The number of halogens is 2. The Morgan fingerprint density at radius 2 is 1.62 bits per heavy atom. The van der Waals surface area contributed by atoms with Crippen LogP contribution in [0.4, 0.5) is 11.6 Å². The first-order valence-electron chi connectivity index (χ1n) is 7.86. The van der Waals surface area contributed by atoms with Crippen LogP contribution in [0.2, 0.25) is 10.0 Å². The molecule has 7 heteroatoms. The fourth-order valence-electron chi connectivity index (χ4n) is 3.08. The number of rotatable bonds is 2. The molecule has 4 rings (SSSR count). The highest BCUT2D eigenvalue weighted by atomic mass is 35.5. The minimum absolute atomic E-state index is 0.663. The van der Waals surface area contributed by atoms with Crippen molar-refractivity contribution < 1.29 is 0 Å². The van der Waals surface area contributed by atoms with Crippen LogP contribution in [0.1, 0.15) is 5.56 Å². The molecule has 0 saturated carbocycles. The number of fused-ring (bicyclic) bond motifs is 1. The largest absolute Gasteiger partial charge is 0.353 e. The Kier molecular flexibility index (Phi) is 3.98. The van der Waals surface area contributed by atoms with Crippen molar-refractivity contribution in [3.8, 4) is 0 Å². The summed E-state index contributed by atoms with van der Waals surface area (Å²) >= 11 is 12.0. The molecule has 0 unspecified atom stereocenters. The third-order valence-corrected chi connectivity index (χ3v) is 4.76. The Morgan fingerprint density at radius 3 is 2.29 bits per heavy atom. The van der Waals surface area contributed by atoms with Gasteiger partial charge in [0.2, 0.25) is 0 Å². The van der Waals surface area contributed by atoms with E-state index in [-0.39, 0.29) is 0 Å². The number of pyridine rings is 2. The average Bonchev–Trinajstić information content (AvgIpc) is 3.00. The molecule has 0 aliphatic carbocycles. The van der Waals surface area contributed by atoms with Crippen LogP contribution in [0, 0.1) is 6.92 Å². The van der Waals surface area contributed by atoms with Crippen LogP contribution < -0.4 is 9.80 Å². The highest BCUT2D eigenvalue weighted by Crippen LogP contribution is 2.23. The van der Waals surface area contributed by atoms with Crippen LogP contribution in [0.5, 0.6) is 0 Å². The van der Waals surface area contributed by atoms with Crippen molar-refractivity contribution in [2.45, 2.75) is 6.92 Å². The standard InChI is InChI=1S/C17H17Cl2N5/c1-12-8-14(19)10-24-11-16(21-17(12)24)23-6-4-22(5-7-23)15-3-2-13(18)9-20-15/h2-3,8-11H,4-7H2,1H3. The fourth-order valence-corrected chi connectivity index (χ4v) is 3.47. The van der Waals surface area contributed by atoms with Gasteiger partial charge in [-0.25, -0.2) is 9.97 Å². The third kappa shape index (κ3) is 2.89. The van der Waals surface area contributed by atoms with Crippen molar-refractivity contribution >= 4 is 40.5 Å². The van der Waals surface area contributed by atoms with E-state index in [1.807, 2.05) is 41.9 Å². The second-order valence-corrected chi connectivity index (χ2v) is 6.85. The zero-order valence-electron chi connectivity index (χ0n) is 13.3. The molecule has 0 radical (unpaired) electrons. The van der Waals surface area contributed by atoms with Crippen molar-refractivity contribution in [2.75, 3.05) is 36.0 Å². The minimum atomic E-state index is 0.663. The van der Waals surface area contributed by atoms with Gasteiger partial charge in [-0.2, -0.15) is 0 Å². The number of hydrogen-bond donors (Lipinski definition) is 0. The predicted molar refractivity (Wildman–Crippen MR) is 98.6 cm³/mol. The van der Waals surface area contributed by atoms with Crippen molar-refractivity contribution in [3.63, 3.8) is 0 Å². The maximum atomic E-state index is 6.13. The number of aryl methyl sites for hydroxylation is 1. The number of anilines is 2. The van der Waals surface area contributed by atoms with E-state index in [0.29, 0.717) is 5.02 Å². The molecule has 1 aliphatic rings. The lowest BCUT2D eigenvalue weighted by Crippen LogP contribution is -2.47. The van der Waals surface area contributed by atoms with E-state index in [1.54, 1.807) is 6.20 Å². The van der Waals surface area contributed by atoms with Gasteiger partial charge in [0, 0.05) is 38.6 Å². The maximum Gasteiger partial charge on any atom is 0.148 e. The monoisotopic (exact) mass is 361 g/mol. The van der Waals surface area contributed by atoms with Gasteiger partial charge in [-0.3, -0.25) is 0 Å².